The molecule has 141 valence electrons. The molecule has 1 aromatic heterocycles. The minimum atomic E-state index is -0.485. The molecule has 0 aliphatic carbocycles. The molecular weight excluding hydrogens is 419 g/mol. The fourth-order valence-corrected chi connectivity index (χ4v) is 3.93. The van der Waals surface area contributed by atoms with Gasteiger partial charge in [-0.2, -0.15) is 0 Å². The number of hydrogen-bond donors (Lipinski definition) is 1. The fourth-order valence-electron chi connectivity index (χ4n) is 3.60. The predicted molar refractivity (Wildman–Crippen MR) is 114 cm³/mol. The SMILES string of the molecule is CC(C)c1c[c]c2c3c(C(N)=O)cccc3n(Cc3ccc(Br)cc3F)c2c1. The number of fused-ring (bicyclic) bond motifs is 3. The van der Waals surface area contributed by atoms with Gasteiger partial charge in [0.1, 0.15) is 5.82 Å². The molecule has 5 heteroatoms. The van der Waals surface area contributed by atoms with E-state index in [4.69, 9.17) is 5.73 Å². The summed E-state index contributed by atoms with van der Waals surface area (Å²) >= 11 is 3.30. The Kier molecular flexibility index (Phi) is 4.71. The Morgan fingerprint density at radius 2 is 2.00 bits per heavy atom. The lowest BCUT2D eigenvalue weighted by Crippen LogP contribution is -2.11. The minimum absolute atomic E-state index is 0.278. The number of nitrogens with zero attached hydrogens (tertiary/aromatic N) is 1. The highest BCUT2D eigenvalue weighted by atomic mass is 79.9. The van der Waals surface area contributed by atoms with Crippen LogP contribution in [0.1, 0.15) is 41.3 Å². The molecular formula is C23H19BrFN2O. The van der Waals surface area contributed by atoms with Gasteiger partial charge in [-0.25, -0.2) is 4.39 Å². The second-order valence-electron chi connectivity index (χ2n) is 7.23. The van der Waals surface area contributed by atoms with Crippen LogP contribution in [0.3, 0.4) is 0 Å². The molecule has 1 radical (unpaired) electrons. The molecule has 28 heavy (non-hydrogen) atoms. The third-order valence-electron chi connectivity index (χ3n) is 5.09. The molecule has 0 atom stereocenters. The van der Waals surface area contributed by atoms with E-state index in [9.17, 15) is 9.18 Å². The highest BCUT2D eigenvalue weighted by Crippen LogP contribution is 2.34. The first-order valence-corrected chi connectivity index (χ1v) is 9.86. The summed E-state index contributed by atoms with van der Waals surface area (Å²) in [6.45, 7) is 4.58. The summed E-state index contributed by atoms with van der Waals surface area (Å²) in [6.07, 6.45) is 0. The van der Waals surface area contributed by atoms with Gasteiger partial charge in [0.05, 0.1) is 17.6 Å². The van der Waals surface area contributed by atoms with Crippen molar-refractivity contribution in [3.8, 4) is 0 Å². The Balaban J connectivity index is 2.05. The molecule has 1 amide bonds. The van der Waals surface area contributed by atoms with Crippen LogP contribution < -0.4 is 5.73 Å². The highest BCUT2D eigenvalue weighted by Gasteiger charge is 2.18. The molecule has 0 bridgehead atoms. The monoisotopic (exact) mass is 437 g/mol. The number of carbonyl (C=O) groups is 1. The second-order valence-corrected chi connectivity index (χ2v) is 8.15. The molecule has 0 saturated heterocycles. The van der Waals surface area contributed by atoms with E-state index in [1.807, 2.05) is 22.8 Å². The second kappa shape index (κ2) is 7.06. The molecule has 0 unspecified atom stereocenters. The molecule has 2 N–H and O–H groups in total. The Hall–Kier alpha value is -2.66. The average molecular weight is 438 g/mol. The molecule has 0 aliphatic rings. The summed E-state index contributed by atoms with van der Waals surface area (Å²) in [6, 6.07) is 17.9. The van der Waals surface area contributed by atoms with Crippen LogP contribution in [0.4, 0.5) is 4.39 Å². The lowest BCUT2D eigenvalue weighted by molar-refractivity contribution is 0.100. The molecule has 3 nitrogen and oxygen atoms in total. The van der Waals surface area contributed by atoms with E-state index in [0.29, 0.717) is 28.1 Å². The molecule has 0 saturated carbocycles. The lowest BCUT2D eigenvalue weighted by Gasteiger charge is -2.11. The average Bonchev–Trinajstić information content (AvgIpc) is 2.97. The zero-order chi connectivity index (χ0) is 20.0. The zero-order valence-electron chi connectivity index (χ0n) is 15.6. The van der Waals surface area contributed by atoms with E-state index >= 15 is 0 Å². The van der Waals surface area contributed by atoms with Gasteiger partial charge in [-0.3, -0.25) is 4.79 Å². The molecule has 1 heterocycles. The number of rotatable bonds is 4. The van der Waals surface area contributed by atoms with Crippen LogP contribution in [0.15, 0.2) is 53.0 Å². The topological polar surface area (TPSA) is 48.0 Å². The van der Waals surface area contributed by atoms with Crippen LogP contribution in [0.25, 0.3) is 21.8 Å². The number of hydrogen-bond acceptors (Lipinski definition) is 1. The lowest BCUT2D eigenvalue weighted by atomic mass is 10.00. The number of aromatic nitrogens is 1. The van der Waals surface area contributed by atoms with Gasteiger partial charge in [0, 0.05) is 26.4 Å². The van der Waals surface area contributed by atoms with Gasteiger partial charge in [-0.15, -0.1) is 0 Å². The first kappa shape index (κ1) is 18.7. The van der Waals surface area contributed by atoms with Crippen molar-refractivity contribution in [2.75, 3.05) is 0 Å². The fraction of sp³-hybridized carbons (Fsp3) is 0.174. The summed E-state index contributed by atoms with van der Waals surface area (Å²) in [5.74, 6) is -0.438. The quantitative estimate of drug-likeness (QED) is 0.432. The van der Waals surface area contributed by atoms with E-state index in [-0.39, 0.29) is 5.82 Å². The van der Waals surface area contributed by atoms with Crippen LogP contribution in [-0.2, 0) is 6.54 Å². The van der Waals surface area contributed by atoms with Crippen molar-refractivity contribution in [2.24, 2.45) is 5.73 Å². The van der Waals surface area contributed by atoms with E-state index in [1.165, 1.54) is 6.07 Å². The van der Waals surface area contributed by atoms with E-state index in [2.05, 4.69) is 41.9 Å². The van der Waals surface area contributed by atoms with Crippen LogP contribution in [0.5, 0.6) is 0 Å². The standard InChI is InChI=1S/C23H19BrFN2O/c1-13(2)14-7-9-17-21(10-14)27(12-15-6-8-16(24)11-19(15)25)20-5-3-4-18(22(17)20)23(26)28/h3-8,10-11,13H,12H2,1-2H3,(H2,26,28). The van der Waals surface area contributed by atoms with Crippen molar-refractivity contribution < 1.29 is 9.18 Å². The van der Waals surface area contributed by atoms with Gasteiger partial charge >= 0.3 is 0 Å². The summed E-state index contributed by atoms with van der Waals surface area (Å²) in [5.41, 5.74) is 9.53. The third-order valence-corrected chi connectivity index (χ3v) is 5.59. The van der Waals surface area contributed by atoms with Crippen molar-refractivity contribution in [1.82, 2.24) is 4.57 Å². The Morgan fingerprint density at radius 3 is 2.68 bits per heavy atom. The molecule has 0 spiro atoms. The largest absolute Gasteiger partial charge is 0.366 e. The summed E-state index contributed by atoms with van der Waals surface area (Å²) in [4.78, 5) is 12.0. The van der Waals surface area contributed by atoms with Gasteiger partial charge in [-0.05, 0) is 47.9 Å². The number of halogens is 2. The molecule has 4 aromatic rings. The first-order chi connectivity index (χ1) is 13.4. The number of primary amides is 1. The van der Waals surface area contributed by atoms with Crippen LogP contribution in [-0.4, -0.2) is 10.5 Å². The third kappa shape index (κ3) is 3.10. The Labute approximate surface area is 171 Å². The van der Waals surface area contributed by atoms with Gasteiger partial charge in [0.25, 0.3) is 0 Å². The van der Waals surface area contributed by atoms with E-state index in [1.54, 1.807) is 18.2 Å². The van der Waals surface area contributed by atoms with Crippen LogP contribution >= 0.6 is 15.9 Å². The number of carbonyl (C=O) groups excluding carboxylic acids is 1. The van der Waals surface area contributed by atoms with E-state index in [0.717, 1.165) is 27.4 Å². The summed E-state index contributed by atoms with van der Waals surface area (Å²) in [5, 5.41) is 1.59. The summed E-state index contributed by atoms with van der Waals surface area (Å²) < 4.78 is 17.3. The molecule has 0 fully saturated rings. The van der Waals surface area contributed by atoms with E-state index < -0.39 is 5.91 Å². The van der Waals surface area contributed by atoms with Crippen LogP contribution in [0, 0.1) is 11.9 Å². The number of benzene rings is 3. The minimum Gasteiger partial charge on any atom is -0.366 e. The van der Waals surface area contributed by atoms with Crippen molar-refractivity contribution in [1.29, 1.82) is 0 Å². The molecule has 4 rings (SSSR count). The van der Waals surface area contributed by atoms with Crippen molar-refractivity contribution >= 4 is 43.6 Å². The maximum absolute atomic E-state index is 14.5. The van der Waals surface area contributed by atoms with Crippen molar-refractivity contribution in [3.05, 3.63) is 81.6 Å². The molecule has 3 aromatic carbocycles. The van der Waals surface area contributed by atoms with Crippen LogP contribution in [0.2, 0.25) is 0 Å². The van der Waals surface area contributed by atoms with Crippen molar-refractivity contribution in [3.63, 3.8) is 0 Å². The van der Waals surface area contributed by atoms with Gasteiger partial charge in [0.15, 0.2) is 0 Å². The van der Waals surface area contributed by atoms with Gasteiger partial charge < -0.3 is 10.3 Å². The number of amides is 1. The smallest absolute Gasteiger partial charge is 0.249 e. The zero-order valence-corrected chi connectivity index (χ0v) is 17.2. The Morgan fingerprint density at radius 1 is 1.21 bits per heavy atom. The van der Waals surface area contributed by atoms with Crippen molar-refractivity contribution in [2.45, 2.75) is 26.3 Å². The highest BCUT2D eigenvalue weighted by molar-refractivity contribution is 9.10. The summed E-state index contributed by atoms with van der Waals surface area (Å²) in [7, 11) is 0. The Bertz CT molecular complexity index is 1230. The maximum atomic E-state index is 14.5. The number of nitrogens with two attached hydrogens (primary N) is 1. The van der Waals surface area contributed by atoms with Gasteiger partial charge in [0.2, 0.25) is 5.91 Å². The van der Waals surface area contributed by atoms with Gasteiger partial charge in [-0.1, -0.05) is 48.0 Å². The first-order valence-electron chi connectivity index (χ1n) is 9.07. The molecule has 0 aliphatic heterocycles. The predicted octanol–water partition coefficient (Wildman–Crippen LogP) is 5.77. The normalized spacial score (nSPS) is 11.6. The maximum Gasteiger partial charge on any atom is 0.249 e.